The van der Waals surface area contributed by atoms with Gasteiger partial charge in [-0.2, -0.15) is 0 Å². The number of fused-ring (bicyclic) bond motifs is 9. The van der Waals surface area contributed by atoms with E-state index in [1.807, 2.05) is 22.7 Å². The largest absolute Gasteiger partial charge is 0.310 e. The van der Waals surface area contributed by atoms with E-state index < -0.39 is 0 Å². The lowest BCUT2D eigenvalue weighted by atomic mass is 10.1. The number of anilines is 6. The molecular weight excluding hydrogens is 736 g/mol. The van der Waals surface area contributed by atoms with Gasteiger partial charge in [-0.3, -0.25) is 0 Å². The SMILES string of the molecule is Clc1cc(N(c2ccccc2)c2ccc3c(c2)sc2ccc(N(c4ccccc4)c4ccc5sc6ccccc6c5c4)cc23)cc2sc3ccccc3c12. The maximum atomic E-state index is 7.11. The van der Waals surface area contributed by atoms with Crippen molar-refractivity contribution >= 4 is 140 Å². The first-order chi connectivity index (χ1) is 26.7. The highest BCUT2D eigenvalue weighted by molar-refractivity contribution is 7.26. The van der Waals surface area contributed by atoms with Crippen molar-refractivity contribution in [1.82, 2.24) is 0 Å². The lowest BCUT2D eigenvalue weighted by Crippen LogP contribution is -2.09. The Bertz CT molecular complexity index is 3200. The maximum Gasteiger partial charge on any atom is 0.0519 e. The molecule has 54 heavy (non-hydrogen) atoms. The Kier molecular flexibility index (Phi) is 7.49. The van der Waals surface area contributed by atoms with Gasteiger partial charge in [0.15, 0.2) is 0 Å². The van der Waals surface area contributed by atoms with Gasteiger partial charge in [0.05, 0.1) is 5.02 Å². The molecule has 6 heteroatoms. The maximum absolute atomic E-state index is 7.11. The van der Waals surface area contributed by atoms with E-state index >= 15 is 0 Å². The highest BCUT2D eigenvalue weighted by Crippen LogP contribution is 2.47. The molecule has 0 unspecified atom stereocenters. The molecule has 0 aliphatic carbocycles. The molecule has 3 heterocycles. The predicted octanol–water partition coefficient (Wildman–Crippen LogP) is 16.4. The molecule has 0 bridgehead atoms. The summed E-state index contributed by atoms with van der Waals surface area (Å²) in [6.07, 6.45) is 0. The second-order valence-electron chi connectivity index (χ2n) is 13.5. The van der Waals surface area contributed by atoms with Gasteiger partial charge in [0.25, 0.3) is 0 Å². The van der Waals surface area contributed by atoms with Gasteiger partial charge in [-0.25, -0.2) is 0 Å². The van der Waals surface area contributed by atoms with Crippen LogP contribution >= 0.6 is 45.6 Å². The van der Waals surface area contributed by atoms with E-state index in [2.05, 4.69) is 186 Å². The van der Waals surface area contributed by atoms with Crippen LogP contribution in [0.5, 0.6) is 0 Å². The third-order valence-electron chi connectivity index (χ3n) is 10.3. The van der Waals surface area contributed by atoms with Crippen molar-refractivity contribution in [3.8, 4) is 0 Å². The fraction of sp³-hybridized carbons (Fsp3) is 0. The van der Waals surface area contributed by atoms with Crippen LogP contribution in [-0.2, 0) is 0 Å². The van der Waals surface area contributed by atoms with Gasteiger partial charge in [-0.1, -0.05) is 90.5 Å². The Labute approximate surface area is 328 Å². The van der Waals surface area contributed by atoms with Gasteiger partial charge in [0.1, 0.15) is 0 Å². The first-order valence-corrected chi connectivity index (χ1v) is 20.7. The Morgan fingerprint density at radius 2 is 0.741 bits per heavy atom. The molecule has 0 radical (unpaired) electrons. The Morgan fingerprint density at radius 3 is 1.41 bits per heavy atom. The third-order valence-corrected chi connectivity index (χ3v) is 14.0. The lowest BCUT2D eigenvalue weighted by molar-refractivity contribution is 1.30. The average molecular weight is 765 g/mol. The highest BCUT2D eigenvalue weighted by Gasteiger charge is 2.20. The van der Waals surface area contributed by atoms with Crippen molar-refractivity contribution in [2.24, 2.45) is 0 Å². The highest BCUT2D eigenvalue weighted by atomic mass is 35.5. The van der Waals surface area contributed by atoms with Gasteiger partial charge >= 0.3 is 0 Å². The fourth-order valence-corrected chi connectivity index (χ4v) is 11.6. The first-order valence-electron chi connectivity index (χ1n) is 17.9. The molecular formula is C48H29ClN2S3. The van der Waals surface area contributed by atoms with Gasteiger partial charge < -0.3 is 9.80 Å². The molecule has 0 amide bonds. The molecule has 0 aliphatic rings. The molecule has 11 aromatic rings. The number of halogens is 1. The second kappa shape index (κ2) is 12.7. The summed E-state index contributed by atoms with van der Waals surface area (Å²) < 4.78 is 7.56. The number of hydrogen-bond acceptors (Lipinski definition) is 5. The minimum Gasteiger partial charge on any atom is -0.310 e. The van der Waals surface area contributed by atoms with E-state index in [9.17, 15) is 0 Å². The Hall–Kier alpha value is -5.69. The van der Waals surface area contributed by atoms with Crippen LogP contribution in [0.15, 0.2) is 176 Å². The minimum absolute atomic E-state index is 0.769. The number of nitrogens with zero attached hydrogens (tertiary/aromatic N) is 2. The van der Waals surface area contributed by atoms with E-state index in [4.69, 9.17) is 11.6 Å². The quantitative estimate of drug-likeness (QED) is 0.166. The topological polar surface area (TPSA) is 6.48 Å². The summed E-state index contributed by atoms with van der Waals surface area (Å²) in [7, 11) is 0. The fourth-order valence-electron chi connectivity index (χ4n) is 7.85. The summed E-state index contributed by atoms with van der Waals surface area (Å²) in [5.41, 5.74) is 6.64. The number of para-hydroxylation sites is 2. The number of thiophene rings is 3. The van der Waals surface area contributed by atoms with Crippen LogP contribution in [-0.4, -0.2) is 0 Å². The van der Waals surface area contributed by atoms with Crippen molar-refractivity contribution in [2.75, 3.05) is 9.80 Å². The Balaban J connectivity index is 1.05. The van der Waals surface area contributed by atoms with E-state index in [1.54, 1.807) is 11.3 Å². The summed E-state index contributed by atoms with van der Waals surface area (Å²) in [4.78, 5) is 4.71. The zero-order valence-corrected chi connectivity index (χ0v) is 31.9. The van der Waals surface area contributed by atoms with Crippen LogP contribution in [0.25, 0.3) is 60.5 Å². The lowest BCUT2D eigenvalue weighted by Gasteiger charge is -2.26. The normalized spacial score (nSPS) is 11.8. The van der Waals surface area contributed by atoms with E-state index in [-0.39, 0.29) is 0 Å². The number of benzene rings is 8. The first kappa shape index (κ1) is 31.8. The monoisotopic (exact) mass is 764 g/mol. The summed E-state index contributed by atoms with van der Waals surface area (Å²) >= 11 is 12.6. The molecule has 0 aliphatic heterocycles. The molecule has 0 saturated heterocycles. The van der Waals surface area contributed by atoms with Crippen molar-refractivity contribution in [3.05, 3.63) is 181 Å². The molecule has 11 rings (SSSR count). The van der Waals surface area contributed by atoms with Crippen LogP contribution in [0.3, 0.4) is 0 Å². The van der Waals surface area contributed by atoms with Crippen LogP contribution in [0, 0.1) is 0 Å². The van der Waals surface area contributed by atoms with Crippen molar-refractivity contribution in [1.29, 1.82) is 0 Å². The smallest absolute Gasteiger partial charge is 0.0519 e. The molecule has 2 nitrogen and oxygen atoms in total. The van der Waals surface area contributed by atoms with Gasteiger partial charge in [-0.05, 0) is 97.1 Å². The van der Waals surface area contributed by atoms with Gasteiger partial charge in [-0.15, -0.1) is 34.0 Å². The van der Waals surface area contributed by atoms with Crippen molar-refractivity contribution in [2.45, 2.75) is 0 Å². The molecule has 256 valence electrons. The zero-order valence-electron chi connectivity index (χ0n) is 28.7. The van der Waals surface area contributed by atoms with Gasteiger partial charge in [0, 0.05) is 94.6 Å². The van der Waals surface area contributed by atoms with Crippen LogP contribution in [0.4, 0.5) is 34.1 Å². The van der Waals surface area contributed by atoms with Crippen LogP contribution < -0.4 is 9.80 Å². The Morgan fingerprint density at radius 1 is 0.296 bits per heavy atom. The zero-order chi connectivity index (χ0) is 35.8. The summed E-state index contributed by atoms with van der Waals surface area (Å²) in [5.74, 6) is 0. The average Bonchev–Trinajstić information content (AvgIpc) is 3.90. The van der Waals surface area contributed by atoms with E-state index in [1.165, 1.54) is 55.1 Å². The van der Waals surface area contributed by atoms with Crippen LogP contribution in [0.1, 0.15) is 0 Å². The minimum atomic E-state index is 0.769. The van der Waals surface area contributed by atoms with Crippen molar-refractivity contribution in [3.63, 3.8) is 0 Å². The second-order valence-corrected chi connectivity index (χ2v) is 17.1. The number of hydrogen-bond donors (Lipinski definition) is 0. The summed E-state index contributed by atoms with van der Waals surface area (Å²) in [6.45, 7) is 0. The van der Waals surface area contributed by atoms with Crippen molar-refractivity contribution < 1.29 is 0 Å². The predicted molar refractivity (Wildman–Crippen MR) is 239 cm³/mol. The molecule has 8 aromatic carbocycles. The van der Waals surface area contributed by atoms with Crippen LogP contribution in [0.2, 0.25) is 5.02 Å². The molecule has 0 spiro atoms. The standard InChI is InChI=1S/C48H29ClN2S3/c49-41-27-35(29-47-48(41)38-16-8-10-18-43(38)54-47)51(31-13-5-2-6-14-31)34-19-22-37-40-26-33(21-24-45(40)53-46(37)28-34)50(30-11-3-1-4-12-30)32-20-23-44-39(25-32)36-15-7-9-17-42(36)52-44/h1-29H. The van der Waals surface area contributed by atoms with E-state index in [0.717, 1.165) is 44.5 Å². The molecule has 0 N–H and O–H groups in total. The molecule has 0 fully saturated rings. The third kappa shape index (κ3) is 5.19. The summed E-state index contributed by atoms with van der Waals surface area (Å²) in [5, 5.41) is 8.20. The molecule has 0 atom stereocenters. The number of rotatable bonds is 6. The van der Waals surface area contributed by atoms with Gasteiger partial charge in [0.2, 0.25) is 0 Å². The molecule has 3 aromatic heterocycles. The summed E-state index contributed by atoms with van der Waals surface area (Å²) in [6, 6.07) is 63.6. The molecule has 0 saturated carbocycles. The van der Waals surface area contributed by atoms with E-state index in [0.29, 0.717) is 0 Å².